The first-order chi connectivity index (χ1) is 22.3. The van der Waals surface area contributed by atoms with Crippen molar-refractivity contribution >= 4 is 21.5 Å². The van der Waals surface area contributed by atoms with Crippen molar-refractivity contribution in [1.82, 2.24) is 0 Å². The number of ether oxygens (including phenoxy) is 1. The maximum Gasteiger partial charge on any atom is 0.144 e. The smallest absolute Gasteiger partial charge is 0.144 e. The van der Waals surface area contributed by atoms with Crippen LogP contribution in [0.5, 0.6) is 11.5 Å². The van der Waals surface area contributed by atoms with Crippen molar-refractivity contribution in [3.05, 3.63) is 170 Å². The first kappa shape index (κ1) is 25.6. The lowest BCUT2D eigenvalue weighted by Gasteiger charge is -2.27. The van der Waals surface area contributed by atoms with Crippen LogP contribution in [0.25, 0.3) is 77.2 Å². The Balaban J connectivity index is 1.31. The molecule has 0 saturated carbocycles. The molecule has 0 unspecified atom stereocenters. The molecule has 1 nitrogen and oxygen atoms in total. The van der Waals surface area contributed by atoms with Crippen LogP contribution in [0, 0.1) is 0 Å². The van der Waals surface area contributed by atoms with Crippen LogP contribution in [0.1, 0.15) is 0 Å². The second kappa shape index (κ2) is 10.4. The second-order valence-corrected chi connectivity index (χ2v) is 11.7. The van der Waals surface area contributed by atoms with Crippen molar-refractivity contribution in [2.45, 2.75) is 0 Å². The number of hydrogen-bond acceptors (Lipinski definition) is 1. The van der Waals surface area contributed by atoms with Crippen LogP contribution in [0.3, 0.4) is 0 Å². The lowest BCUT2D eigenvalue weighted by Crippen LogP contribution is -2.02. The molecule has 0 aliphatic carbocycles. The molecule has 45 heavy (non-hydrogen) atoms. The predicted molar refractivity (Wildman–Crippen MR) is 189 cm³/mol. The highest BCUT2D eigenvalue weighted by molar-refractivity contribution is 6.22. The summed E-state index contributed by atoms with van der Waals surface area (Å²) in [5, 5.41) is 4.80. The number of fused-ring (bicyclic) bond motifs is 4. The van der Waals surface area contributed by atoms with Gasteiger partial charge in [-0.2, -0.15) is 0 Å². The van der Waals surface area contributed by atoms with Crippen LogP contribution in [-0.4, -0.2) is 0 Å². The summed E-state index contributed by atoms with van der Waals surface area (Å²) in [4.78, 5) is 0. The van der Waals surface area contributed by atoms with E-state index in [-0.39, 0.29) is 0 Å². The van der Waals surface area contributed by atoms with Crippen molar-refractivity contribution < 1.29 is 4.74 Å². The second-order valence-electron chi connectivity index (χ2n) is 11.7. The van der Waals surface area contributed by atoms with E-state index in [1.807, 2.05) is 0 Å². The molecule has 0 amide bonds. The van der Waals surface area contributed by atoms with Crippen molar-refractivity contribution in [2.24, 2.45) is 0 Å². The standard InChI is InChI=1S/C44H28O/c1-3-13-29(14-4-1)31-17-9-19-33(27-31)35-23-11-26-40-39-25-12-24-38-36-21-7-8-22-37(36)41(44(42(38)39)45-43(35)40)34-20-10-18-32(28-34)30-15-5-2-6-16-30/h1-28H. The van der Waals surface area contributed by atoms with Gasteiger partial charge in [0.25, 0.3) is 0 Å². The minimum atomic E-state index is 0.901. The molecule has 1 heteroatoms. The average Bonchev–Trinajstić information content (AvgIpc) is 3.12. The summed E-state index contributed by atoms with van der Waals surface area (Å²) in [6.07, 6.45) is 0. The SMILES string of the molecule is c1ccc(-c2cccc(-c3cccc4c3Oc3c(-c5cccc(-c6ccccc6)c5)c5ccccc5c5cccc-4c35)c2)cc1. The first-order valence-corrected chi connectivity index (χ1v) is 15.4. The zero-order valence-corrected chi connectivity index (χ0v) is 24.6. The van der Waals surface area contributed by atoms with Crippen molar-refractivity contribution in [1.29, 1.82) is 0 Å². The van der Waals surface area contributed by atoms with Gasteiger partial charge in [0, 0.05) is 22.1 Å². The molecule has 0 radical (unpaired) electrons. The number of rotatable bonds is 4. The first-order valence-electron chi connectivity index (χ1n) is 15.4. The highest BCUT2D eigenvalue weighted by Crippen LogP contribution is 2.55. The maximum absolute atomic E-state index is 7.22. The Morgan fingerprint density at radius 3 is 1.51 bits per heavy atom. The fourth-order valence-electron chi connectivity index (χ4n) is 6.99. The predicted octanol–water partition coefficient (Wildman–Crippen LogP) is 12.4. The van der Waals surface area contributed by atoms with E-state index in [9.17, 15) is 0 Å². The van der Waals surface area contributed by atoms with Crippen LogP contribution >= 0.6 is 0 Å². The topological polar surface area (TPSA) is 9.23 Å². The van der Waals surface area contributed by atoms with Crippen LogP contribution in [0.2, 0.25) is 0 Å². The van der Waals surface area contributed by atoms with E-state index in [0.29, 0.717) is 0 Å². The van der Waals surface area contributed by atoms with E-state index >= 15 is 0 Å². The Morgan fingerprint density at radius 1 is 0.289 bits per heavy atom. The maximum atomic E-state index is 7.22. The Kier molecular flexibility index (Phi) is 5.89. The Bertz CT molecular complexity index is 2390. The average molecular weight is 573 g/mol. The van der Waals surface area contributed by atoms with Crippen LogP contribution in [0.15, 0.2) is 170 Å². The Hall–Kier alpha value is -5.92. The number of para-hydroxylation sites is 1. The van der Waals surface area contributed by atoms with Gasteiger partial charge in [-0.25, -0.2) is 0 Å². The van der Waals surface area contributed by atoms with E-state index in [1.165, 1.54) is 49.4 Å². The molecule has 0 fully saturated rings. The number of hydrogen-bond donors (Lipinski definition) is 0. The minimum Gasteiger partial charge on any atom is -0.455 e. The van der Waals surface area contributed by atoms with Gasteiger partial charge in [-0.15, -0.1) is 0 Å². The summed E-state index contributed by atoms with van der Waals surface area (Å²) in [5.74, 6) is 1.82. The summed E-state index contributed by atoms with van der Waals surface area (Å²) in [7, 11) is 0. The number of benzene rings is 8. The van der Waals surface area contributed by atoms with Gasteiger partial charge in [0.2, 0.25) is 0 Å². The zero-order chi connectivity index (χ0) is 29.7. The Morgan fingerprint density at radius 2 is 0.778 bits per heavy atom. The molecule has 0 aromatic heterocycles. The van der Waals surface area contributed by atoms with Gasteiger partial charge >= 0.3 is 0 Å². The molecule has 210 valence electrons. The summed E-state index contributed by atoms with van der Waals surface area (Å²) < 4.78 is 7.22. The lowest BCUT2D eigenvalue weighted by molar-refractivity contribution is 0.491. The van der Waals surface area contributed by atoms with Crippen LogP contribution in [0.4, 0.5) is 0 Å². The third-order valence-corrected chi connectivity index (χ3v) is 9.05. The van der Waals surface area contributed by atoms with Gasteiger partial charge in [-0.3, -0.25) is 0 Å². The van der Waals surface area contributed by atoms with Crippen molar-refractivity contribution in [3.63, 3.8) is 0 Å². The monoisotopic (exact) mass is 572 g/mol. The molecule has 0 saturated heterocycles. The molecule has 0 bridgehead atoms. The van der Waals surface area contributed by atoms with Gasteiger partial charge in [-0.1, -0.05) is 158 Å². The van der Waals surface area contributed by atoms with Gasteiger partial charge in [0.05, 0.1) is 0 Å². The quantitative estimate of drug-likeness (QED) is 0.191. The molecular weight excluding hydrogens is 544 g/mol. The molecule has 8 aromatic carbocycles. The van der Waals surface area contributed by atoms with Gasteiger partial charge in [0.15, 0.2) is 0 Å². The third-order valence-electron chi connectivity index (χ3n) is 9.05. The van der Waals surface area contributed by atoms with Crippen LogP contribution in [-0.2, 0) is 0 Å². The fraction of sp³-hybridized carbons (Fsp3) is 0. The van der Waals surface area contributed by atoms with Crippen LogP contribution < -0.4 is 4.74 Å². The van der Waals surface area contributed by atoms with Gasteiger partial charge in [0.1, 0.15) is 11.5 Å². The Labute approximate surface area is 262 Å². The highest BCUT2D eigenvalue weighted by Gasteiger charge is 2.28. The fourth-order valence-corrected chi connectivity index (χ4v) is 6.99. The molecule has 0 spiro atoms. The normalized spacial score (nSPS) is 11.7. The van der Waals surface area contributed by atoms with E-state index in [2.05, 4.69) is 170 Å². The highest BCUT2D eigenvalue weighted by atomic mass is 16.5. The summed E-state index contributed by atoms with van der Waals surface area (Å²) >= 11 is 0. The molecular formula is C44H28O. The van der Waals surface area contributed by atoms with Crippen molar-refractivity contribution in [2.75, 3.05) is 0 Å². The molecule has 1 aliphatic rings. The molecule has 0 N–H and O–H groups in total. The van der Waals surface area contributed by atoms with E-state index in [4.69, 9.17) is 4.74 Å². The minimum absolute atomic E-state index is 0.901. The van der Waals surface area contributed by atoms with Gasteiger partial charge in [-0.05, 0) is 67.2 Å². The van der Waals surface area contributed by atoms with E-state index < -0.39 is 0 Å². The molecule has 1 heterocycles. The van der Waals surface area contributed by atoms with Crippen molar-refractivity contribution in [3.8, 4) is 67.1 Å². The third kappa shape index (κ3) is 4.17. The lowest BCUT2D eigenvalue weighted by atomic mass is 9.85. The largest absolute Gasteiger partial charge is 0.455 e. The van der Waals surface area contributed by atoms with Gasteiger partial charge < -0.3 is 4.74 Å². The molecule has 8 aromatic rings. The summed E-state index contributed by atoms with van der Waals surface area (Å²) in [5.41, 5.74) is 11.6. The molecule has 1 aliphatic heterocycles. The molecule has 9 rings (SSSR count). The molecule has 0 atom stereocenters. The van der Waals surface area contributed by atoms with E-state index in [0.717, 1.165) is 39.3 Å². The summed E-state index contributed by atoms with van der Waals surface area (Å²) in [6, 6.07) is 60.7. The zero-order valence-electron chi connectivity index (χ0n) is 24.6. The van der Waals surface area contributed by atoms with E-state index in [1.54, 1.807) is 0 Å². The summed E-state index contributed by atoms with van der Waals surface area (Å²) in [6.45, 7) is 0.